The minimum atomic E-state index is -1.06. The molecule has 0 bridgehead atoms. The third-order valence-corrected chi connectivity index (χ3v) is 4.00. The third-order valence-electron chi connectivity index (χ3n) is 4.00. The summed E-state index contributed by atoms with van der Waals surface area (Å²) in [6.07, 6.45) is 1.84. The van der Waals surface area contributed by atoms with Crippen LogP contribution in [0, 0.1) is 0 Å². The standard InChI is InChI=1S/C14H15NO4/c16-12(15-14(13(17)18)6-3-7-14)10-8-19-11-5-2-1-4-9(10)11/h1-2,4-5,10H,3,6-8H2,(H,15,16)(H,17,18). The van der Waals surface area contributed by atoms with Crippen LogP contribution in [0.2, 0.25) is 0 Å². The molecule has 2 N–H and O–H groups in total. The van der Waals surface area contributed by atoms with E-state index >= 15 is 0 Å². The molecule has 5 heteroatoms. The summed E-state index contributed by atoms with van der Waals surface area (Å²) in [7, 11) is 0. The second-order valence-corrected chi connectivity index (χ2v) is 5.13. The summed E-state index contributed by atoms with van der Waals surface area (Å²) in [6, 6.07) is 7.37. The monoisotopic (exact) mass is 261 g/mol. The first kappa shape index (κ1) is 12.0. The molecule has 5 nitrogen and oxygen atoms in total. The van der Waals surface area contributed by atoms with Gasteiger partial charge in [-0.2, -0.15) is 0 Å². The van der Waals surface area contributed by atoms with Crippen LogP contribution in [0.25, 0.3) is 0 Å². The molecule has 1 fully saturated rings. The quantitative estimate of drug-likeness (QED) is 0.859. The molecule has 0 saturated heterocycles. The van der Waals surface area contributed by atoms with Crippen molar-refractivity contribution in [1.29, 1.82) is 0 Å². The number of para-hydroxylation sites is 1. The largest absolute Gasteiger partial charge is 0.492 e. The van der Waals surface area contributed by atoms with E-state index < -0.39 is 17.4 Å². The summed E-state index contributed by atoms with van der Waals surface area (Å²) in [5, 5.41) is 11.9. The van der Waals surface area contributed by atoms with E-state index in [4.69, 9.17) is 4.74 Å². The summed E-state index contributed by atoms with van der Waals surface area (Å²) in [5.74, 6) is -0.903. The summed E-state index contributed by atoms with van der Waals surface area (Å²) in [5.41, 5.74) is -0.228. The molecule has 0 radical (unpaired) electrons. The highest BCUT2D eigenvalue weighted by atomic mass is 16.5. The molecular weight excluding hydrogens is 246 g/mol. The van der Waals surface area contributed by atoms with Crippen molar-refractivity contribution < 1.29 is 19.4 Å². The zero-order chi connectivity index (χ0) is 13.5. The van der Waals surface area contributed by atoms with E-state index in [1.807, 2.05) is 24.3 Å². The molecule has 1 amide bonds. The predicted molar refractivity (Wildman–Crippen MR) is 67.0 cm³/mol. The van der Waals surface area contributed by atoms with Crippen molar-refractivity contribution in [3.05, 3.63) is 29.8 Å². The van der Waals surface area contributed by atoms with Crippen LogP contribution in [0.5, 0.6) is 5.75 Å². The Kier molecular flexibility index (Phi) is 2.69. The first-order valence-corrected chi connectivity index (χ1v) is 6.39. The Hall–Kier alpha value is -2.04. The van der Waals surface area contributed by atoms with Gasteiger partial charge >= 0.3 is 5.97 Å². The molecule has 1 aromatic rings. The third kappa shape index (κ3) is 1.85. The van der Waals surface area contributed by atoms with Crippen molar-refractivity contribution in [2.75, 3.05) is 6.61 Å². The van der Waals surface area contributed by atoms with E-state index in [1.54, 1.807) is 0 Å². The lowest BCUT2D eigenvalue weighted by Gasteiger charge is -2.38. The van der Waals surface area contributed by atoms with Gasteiger partial charge in [0.1, 0.15) is 23.8 Å². The number of rotatable bonds is 3. The Bertz CT molecular complexity index is 536. The fourth-order valence-corrected chi connectivity index (χ4v) is 2.63. The highest BCUT2D eigenvalue weighted by Gasteiger charge is 2.47. The molecule has 19 heavy (non-hydrogen) atoms. The van der Waals surface area contributed by atoms with Gasteiger partial charge in [0, 0.05) is 5.56 Å². The maximum Gasteiger partial charge on any atom is 0.329 e. The Morgan fingerprint density at radius 1 is 1.32 bits per heavy atom. The maximum absolute atomic E-state index is 12.3. The summed E-state index contributed by atoms with van der Waals surface area (Å²) in [6.45, 7) is 0.279. The van der Waals surface area contributed by atoms with E-state index in [9.17, 15) is 14.7 Å². The molecule has 1 unspecified atom stereocenters. The second kappa shape index (κ2) is 4.26. The van der Waals surface area contributed by atoms with Gasteiger partial charge in [0.05, 0.1) is 0 Å². The molecule has 1 saturated carbocycles. The number of hydrogen-bond acceptors (Lipinski definition) is 3. The Morgan fingerprint density at radius 3 is 2.68 bits per heavy atom. The number of fused-ring (bicyclic) bond motifs is 1. The number of carbonyl (C=O) groups is 2. The lowest BCUT2D eigenvalue weighted by atomic mass is 9.76. The van der Waals surface area contributed by atoms with Gasteiger partial charge < -0.3 is 15.2 Å². The van der Waals surface area contributed by atoms with Crippen molar-refractivity contribution in [2.45, 2.75) is 30.7 Å². The number of ether oxygens (including phenoxy) is 1. The molecule has 1 aliphatic carbocycles. The number of carboxylic acids is 1. The Labute approximate surface area is 110 Å². The van der Waals surface area contributed by atoms with Crippen LogP contribution in [-0.4, -0.2) is 29.1 Å². The zero-order valence-corrected chi connectivity index (χ0v) is 10.4. The summed E-state index contributed by atoms with van der Waals surface area (Å²) in [4.78, 5) is 23.5. The van der Waals surface area contributed by atoms with E-state index in [1.165, 1.54) is 0 Å². The van der Waals surface area contributed by atoms with E-state index in [0.29, 0.717) is 18.6 Å². The van der Waals surface area contributed by atoms with Crippen LogP contribution in [-0.2, 0) is 9.59 Å². The lowest BCUT2D eigenvalue weighted by molar-refractivity contribution is -0.152. The smallest absolute Gasteiger partial charge is 0.329 e. The Morgan fingerprint density at radius 2 is 2.05 bits per heavy atom. The van der Waals surface area contributed by atoms with Crippen LogP contribution >= 0.6 is 0 Å². The topological polar surface area (TPSA) is 75.6 Å². The molecule has 2 aliphatic rings. The van der Waals surface area contributed by atoms with Crippen molar-refractivity contribution in [3.8, 4) is 5.75 Å². The average molecular weight is 261 g/mol. The minimum absolute atomic E-state index is 0.257. The second-order valence-electron chi connectivity index (χ2n) is 5.13. The van der Waals surface area contributed by atoms with Crippen LogP contribution < -0.4 is 10.1 Å². The van der Waals surface area contributed by atoms with Gasteiger partial charge in [0.15, 0.2) is 0 Å². The van der Waals surface area contributed by atoms with Gasteiger partial charge in [-0.05, 0) is 25.3 Å². The van der Waals surface area contributed by atoms with E-state index in [2.05, 4.69) is 5.32 Å². The number of benzene rings is 1. The van der Waals surface area contributed by atoms with Crippen molar-refractivity contribution in [1.82, 2.24) is 5.32 Å². The zero-order valence-electron chi connectivity index (χ0n) is 10.4. The van der Waals surface area contributed by atoms with E-state index in [-0.39, 0.29) is 12.5 Å². The normalized spacial score (nSPS) is 22.8. The SMILES string of the molecule is O=C(NC1(C(=O)O)CCC1)C1COc2ccccc21. The predicted octanol–water partition coefficient (Wildman–Crippen LogP) is 1.29. The molecule has 100 valence electrons. The highest BCUT2D eigenvalue weighted by Crippen LogP contribution is 2.36. The van der Waals surface area contributed by atoms with Crippen LogP contribution in [0.4, 0.5) is 0 Å². The van der Waals surface area contributed by atoms with E-state index in [0.717, 1.165) is 12.0 Å². The van der Waals surface area contributed by atoms with Gasteiger partial charge in [-0.25, -0.2) is 4.79 Å². The van der Waals surface area contributed by atoms with Crippen molar-refractivity contribution in [3.63, 3.8) is 0 Å². The van der Waals surface area contributed by atoms with Gasteiger partial charge in [-0.1, -0.05) is 18.2 Å². The molecule has 1 heterocycles. The molecule has 3 rings (SSSR count). The fourth-order valence-electron chi connectivity index (χ4n) is 2.63. The maximum atomic E-state index is 12.3. The fraction of sp³-hybridized carbons (Fsp3) is 0.429. The lowest BCUT2D eigenvalue weighted by Crippen LogP contribution is -2.60. The summed E-state index contributed by atoms with van der Waals surface area (Å²) >= 11 is 0. The Balaban J connectivity index is 1.77. The molecular formula is C14H15NO4. The van der Waals surface area contributed by atoms with Crippen molar-refractivity contribution in [2.24, 2.45) is 0 Å². The van der Waals surface area contributed by atoms with Crippen LogP contribution in [0.1, 0.15) is 30.7 Å². The molecule has 0 spiro atoms. The number of hydrogen-bond donors (Lipinski definition) is 2. The minimum Gasteiger partial charge on any atom is -0.492 e. The van der Waals surface area contributed by atoms with Gasteiger partial charge in [-0.15, -0.1) is 0 Å². The number of amides is 1. The first-order chi connectivity index (χ1) is 9.12. The van der Waals surface area contributed by atoms with Gasteiger partial charge in [0.25, 0.3) is 0 Å². The van der Waals surface area contributed by atoms with Crippen LogP contribution in [0.15, 0.2) is 24.3 Å². The first-order valence-electron chi connectivity index (χ1n) is 6.39. The highest BCUT2D eigenvalue weighted by molar-refractivity contribution is 5.92. The van der Waals surface area contributed by atoms with Gasteiger partial charge in [-0.3, -0.25) is 4.79 Å². The van der Waals surface area contributed by atoms with Crippen molar-refractivity contribution >= 4 is 11.9 Å². The number of carboxylic acid groups (broad SMARTS) is 1. The summed E-state index contributed by atoms with van der Waals surface area (Å²) < 4.78 is 5.45. The average Bonchev–Trinajstić information content (AvgIpc) is 2.77. The van der Waals surface area contributed by atoms with Crippen LogP contribution in [0.3, 0.4) is 0 Å². The number of carbonyl (C=O) groups excluding carboxylic acids is 1. The number of aliphatic carboxylic acids is 1. The molecule has 1 atom stereocenters. The molecule has 1 aliphatic heterocycles. The number of nitrogens with one attached hydrogen (secondary N) is 1. The molecule has 1 aromatic carbocycles. The van der Waals surface area contributed by atoms with Gasteiger partial charge in [0.2, 0.25) is 5.91 Å². The molecule has 0 aromatic heterocycles.